The van der Waals surface area contributed by atoms with Crippen molar-refractivity contribution in [2.45, 2.75) is 13.1 Å². The minimum absolute atomic E-state index is 0.0531. The van der Waals surface area contributed by atoms with Crippen LogP contribution in [0.1, 0.15) is 12.5 Å². The van der Waals surface area contributed by atoms with Gasteiger partial charge in [0.2, 0.25) is 5.91 Å². The molecule has 30 heavy (non-hydrogen) atoms. The monoisotopic (exact) mass is 431 g/mol. The molecule has 0 radical (unpaired) electrons. The smallest absolute Gasteiger partial charge is 0.416 e. The summed E-state index contributed by atoms with van der Waals surface area (Å²) in [4.78, 5) is 34.1. The molecule has 0 spiro atoms. The molecule has 11 heteroatoms. The van der Waals surface area contributed by atoms with Gasteiger partial charge in [-0.3, -0.25) is 9.69 Å². The molecule has 0 aliphatic carbocycles. The third-order valence-corrected chi connectivity index (χ3v) is 4.08. The van der Waals surface area contributed by atoms with Crippen molar-refractivity contribution in [3.63, 3.8) is 0 Å². The van der Waals surface area contributed by atoms with Crippen LogP contribution in [0.25, 0.3) is 0 Å². The van der Waals surface area contributed by atoms with E-state index < -0.39 is 23.7 Å². The first-order valence-electron chi connectivity index (χ1n) is 9.02. The lowest BCUT2D eigenvalue weighted by atomic mass is 10.1. The number of hydrogen-bond donors (Lipinski definition) is 3. The molecule has 166 valence electrons. The van der Waals surface area contributed by atoms with Gasteiger partial charge in [-0.2, -0.15) is 13.2 Å². The van der Waals surface area contributed by atoms with E-state index in [4.69, 9.17) is 10.2 Å². The summed E-state index contributed by atoms with van der Waals surface area (Å²) in [5.74, 6) is -2.57. The fraction of sp³-hybridized carbons (Fsp3) is 0.421. The van der Waals surface area contributed by atoms with Crippen molar-refractivity contribution in [1.29, 1.82) is 0 Å². The standard InChI is InChI=1S/C15H20F3N3O.C4H4O4/c1-12(22)19-5-6-20-7-9-21(10-8-20)14-4-2-3-13(11-14)15(16,17)18;5-3(6)1-2-4(7)8/h2-4,11H,5-10H2,1H3,(H,19,22);1-2H,(H,5,6)(H,7,8)/b;2-1-. The summed E-state index contributed by atoms with van der Waals surface area (Å²) in [6, 6.07) is 5.45. The Morgan fingerprint density at radius 3 is 2.10 bits per heavy atom. The number of rotatable bonds is 6. The third-order valence-electron chi connectivity index (χ3n) is 4.08. The molecule has 2 rings (SSSR count). The number of anilines is 1. The van der Waals surface area contributed by atoms with Crippen LogP contribution in [0.5, 0.6) is 0 Å². The molecule has 0 saturated carbocycles. The summed E-state index contributed by atoms with van der Waals surface area (Å²) in [6.07, 6.45) is -3.19. The number of alkyl halides is 3. The van der Waals surface area contributed by atoms with E-state index in [1.807, 2.05) is 4.90 Å². The van der Waals surface area contributed by atoms with Gasteiger partial charge < -0.3 is 20.4 Å². The molecule has 3 N–H and O–H groups in total. The molecule has 1 aromatic carbocycles. The van der Waals surface area contributed by atoms with Crippen LogP contribution in [-0.4, -0.2) is 72.2 Å². The highest BCUT2D eigenvalue weighted by molar-refractivity contribution is 5.89. The number of benzene rings is 1. The average molecular weight is 431 g/mol. The molecule has 1 heterocycles. The third kappa shape index (κ3) is 9.92. The Morgan fingerprint density at radius 1 is 1.07 bits per heavy atom. The Labute approximate surface area is 171 Å². The van der Waals surface area contributed by atoms with Gasteiger partial charge in [0.1, 0.15) is 0 Å². The van der Waals surface area contributed by atoms with Gasteiger partial charge in [0.05, 0.1) is 5.56 Å². The first kappa shape index (κ1) is 25.0. The fourth-order valence-electron chi connectivity index (χ4n) is 2.64. The van der Waals surface area contributed by atoms with Crippen LogP contribution >= 0.6 is 0 Å². The average Bonchev–Trinajstić information content (AvgIpc) is 2.67. The molecule has 1 aliphatic heterocycles. The lowest BCUT2D eigenvalue weighted by Crippen LogP contribution is -2.48. The molecule has 1 aromatic rings. The molecule has 0 unspecified atom stereocenters. The Bertz CT molecular complexity index is 744. The van der Waals surface area contributed by atoms with E-state index in [1.54, 1.807) is 6.07 Å². The summed E-state index contributed by atoms with van der Waals surface area (Å²) in [5, 5.41) is 18.4. The fourth-order valence-corrected chi connectivity index (χ4v) is 2.64. The summed E-state index contributed by atoms with van der Waals surface area (Å²) >= 11 is 0. The van der Waals surface area contributed by atoms with Crippen molar-refractivity contribution >= 4 is 23.5 Å². The second-order valence-corrected chi connectivity index (χ2v) is 6.37. The number of carbonyl (C=O) groups is 3. The number of piperazine rings is 1. The summed E-state index contributed by atoms with van der Waals surface area (Å²) in [6.45, 7) is 5.74. The van der Waals surface area contributed by atoms with Gasteiger partial charge in [-0.25, -0.2) is 9.59 Å². The zero-order valence-corrected chi connectivity index (χ0v) is 16.4. The SMILES string of the molecule is CC(=O)NCCN1CCN(c2cccc(C(F)(F)F)c2)CC1.O=C(O)/C=C\C(=O)O. The largest absolute Gasteiger partial charge is 0.478 e. The Kier molecular flexibility index (Phi) is 9.82. The van der Waals surface area contributed by atoms with Crippen molar-refractivity contribution in [2.75, 3.05) is 44.2 Å². The minimum atomic E-state index is -4.31. The molecule has 0 atom stereocenters. The van der Waals surface area contributed by atoms with Gasteiger partial charge in [-0.05, 0) is 18.2 Å². The molecule has 8 nitrogen and oxygen atoms in total. The van der Waals surface area contributed by atoms with Gasteiger partial charge in [0.25, 0.3) is 0 Å². The van der Waals surface area contributed by atoms with Crippen LogP contribution in [0.15, 0.2) is 36.4 Å². The highest BCUT2D eigenvalue weighted by Crippen LogP contribution is 2.31. The van der Waals surface area contributed by atoms with Crippen molar-refractivity contribution in [3.8, 4) is 0 Å². The van der Waals surface area contributed by atoms with E-state index in [-0.39, 0.29) is 5.91 Å². The van der Waals surface area contributed by atoms with E-state index in [9.17, 15) is 27.6 Å². The maximum absolute atomic E-state index is 12.7. The minimum Gasteiger partial charge on any atom is -0.478 e. The van der Waals surface area contributed by atoms with Gasteiger partial charge in [0, 0.05) is 64.0 Å². The molecular formula is C19H24F3N3O5. The number of amides is 1. The van der Waals surface area contributed by atoms with Crippen LogP contribution < -0.4 is 10.2 Å². The summed E-state index contributed by atoms with van der Waals surface area (Å²) < 4.78 is 38.2. The normalized spacial score (nSPS) is 14.7. The lowest BCUT2D eigenvalue weighted by molar-refractivity contribution is -0.137. The van der Waals surface area contributed by atoms with Crippen molar-refractivity contribution in [1.82, 2.24) is 10.2 Å². The number of carbonyl (C=O) groups excluding carboxylic acids is 1. The topological polar surface area (TPSA) is 110 Å². The Balaban J connectivity index is 0.000000479. The molecule has 1 fully saturated rings. The van der Waals surface area contributed by atoms with E-state index in [0.717, 1.165) is 25.7 Å². The Morgan fingerprint density at radius 2 is 1.63 bits per heavy atom. The molecule has 1 amide bonds. The zero-order valence-electron chi connectivity index (χ0n) is 16.4. The first-order valence-corrected chi connectivity index (χ1v) is 9.02. The number of carboxylic acids is 2. The zero-order chi connectivity index (χ0) is 22.7. The van der Waals surface area contributed by atoms with Crippen LogP contribution in [-0.2, 0) is 20.6 Å². The van der Waals surface area contributed by atoms with E-state index in [1.165, 1.54) is 19.1 Å². The summed E-state index contributed by atoms with van der Waals surface area (Å²) in [7, 11) is 0. The maximum atomic E-state index is 12.7. The second-order valence-electron chi connectivity index (χ2n) is 6.37. The molecule has 1 saturated heterocycles. The number of nitrogens with one attached hydrogen (secondary N) is 1. The van der Waals surface area contributed by atoms with Crippen molar-refractivity contribution in [2.24, 2.45) is 0 Å². The van der Waals surface area contributed by atoms with Crippen LogP contribution in [0.4, 0.5) is 18.9 Å². The van der Waals surface area contributed by atoms with Gasteiger partial charge >= 0.3 is 18.1 Å². The predicted octanol–water partition coefficient (Wildman–Crippen LogP) is 1.68. The molecule has 1 aliphatic rings. The Hall–Kier alpha value is -3.08. The molecular weight excluding hydrogens is 407 g/mol. The van der Waals surface area contributed by atoms with Crippen molar-refractivity contribution in [3.05, 3.63) is 42.0 Å². The predicted molar refractivity (Wildman–Crippen MR) is 103 cm³/mol. The first-order chi connectivity index (χ1) is 14.0. The molecule has 0 bridgehead atoms. The maximum Gasteiger partial charge on any atom is 0.416 e. The quantitative estimate of drug-likeness (QED) is 0.588. The van der Waals surface area contributed by atoms with E-state index >= 15 is 0 Å². The van der Waals surface area contributed by atoms with Crippen LogP contribution in [0, 0.1) is 0 Å². The molecule has 0 aromatic heterocycles. The number of halogens is 3. The number of hydrogen-bond acceptors (Lipinski definition) is 5. The highest BCUT2D eigenvalue weighted by atomic mass is 19.4. The van der Waals surface area contributed by atoms with Crippen LogP contribution in [0.2, 0.25) is 0 Å². The van der Waals surface area contributed by atoms with Crippen molar-refractivity contribution < 1.29 is 37.8 Å². The number of nitrogens with zero attached hydrogens (tertiary/aromatic N) is 2. The number of carboxylic acid groups (broad SMARTS) is 2. The van der Waals surface area contributed by atoms with Gasteiger partial charge in [0.15, 0.2) is 0 Å². The lowest BCUT2D eigenvalue weighted by Gasteiger charge is -2.36. The summed E-state index contributed by atoms with van der Waals surface area (Å²) in [5.41, 5.74) is -0.00516. The van der Waals surface area contributed by atoms with Gasteiger partial charge in [-0.1, -0.05) is 6.07 Å². The van der Waals surface area contributed by atoms with E-state index in [2.05, 4.69) is 10.2 Å². The van der Waals surface area contributed by atoms with Crippen LogP contribution in [0.3, 0.4) is 0 Å². The van der Waals surface area contributed by atoms with E-state index in [0.29, 0.717) is 37.5 Å². The second kappa shape index (κ2) is 11.8. The van der Waals surface area contributed by atoms with Gasteiger partial charge in [-0.15, -0.1) is 0 Å². The number of aliphatic carboxylic acids is 2. The highest BCUT2D eigenvalue weighted by Gasteiger charge is 2.31.